The van der Waals surface area contributed by atoms with Crippen LogP contribution in [0.2, 0.25) is 0 Å². The van der Waals surface area contributed by atoms with E-state index in [1.807, 2.05) is 4.90 Å². The molecule has 47 heavy (non-hydrogen) atoms. The second-order valence-corrected chi connectivity index (χ2v) is 13.9. The molecule has 5 rings (SSSR count). The minimum atomic E-state index is -4.41. The summed E-state index contributed by atoms with van der Waals surface area (Å²) < 4.78 is 46.9. The highest BCUT2D eigenvalue weighted by Crippen LogP contribution is 2.52. The van der Waals surface area contributed by atoms with Crippen LogP contribution < -0.4 is 0 Å². The number of alkyl halides is 2. The Balaban J connectivity index is 1.58. The average molecular weight is 717 g/mol. The molecule has 13 nitrogen and oxygen atoms in total. The molecule has 1 aliphatic heterocycles. The van der Waals surface area contributed by atoms with Gasteiger partial charge in [0.1, 0.15) is 23.2 Å². The van der Waals surface area contributed by atoms with Gasteiger partial charge < -0.3 is 24.8 Å². The van der Waals surface area contributed by atoms with Crippen molar-refractivity contribution in [3.05, 3.63) is 57.6 Å². The largest absolute Gasteiger partial charge is 0.507 e. The average Bonchev–Trinajstić information content (AvgIpc) is 3.02. The number of aromatic hydroxyl groups is 2. The first-order chi connectivity index (χ1) is 22.2. The molecule has 3 N–H and O–H groups in total. The van der Waals surface area contributed by atoms with Gasteiger partial charge in [-0.05, 0) is 13.8 Å². The summed E-state index contributed by atoms with van der Waals surface area (Å²) in [5.74, 6) is -3.00. The Hall–Kier alpha value is -2.66. The van der Waals surface area contributed by atoms with Crippen molar-refractivity contribution in [1.82, 2.24) is 4.90 Å². The number of nitrogens with zero attached hydrogens (tertiary/aromatic N) is 1. The van der Waals surface area contributed by atoms with E-state index in [9.17, 15) is 38.1 Å². The minimum Gasteiger partial charge on any atom is -0.507 e. The Labute approximate surface area is 281 Å². The maximum absolute atomic E-state index is 13.6. The Morgan fingerprint density at radius 1 is 1.06 bits per heavy atom. The van der Waals surface area contributed by atoms with E-state index in [0.29, 0.717) is 13.1 Å². The van der Waals surface area contributed by atoms with Crippen LogP contribution in [0.1, 0.15) is 75.8 Å². The zero-order chi connectivity index (χ0) is 34.4. The van der Waals surface area contributed by atoms with Crippen molar-refractivity contribution < 1.29 is 56.0 Å². The Morgan fingerprint density at radius 3 is 2.17 bits per heavy atom. The van der Waals surface area contributed by atoms with Crippen molar-refractivity contribution in [1.29, 1.82) is 0 Å². The quantitative estimate of drug-likeness (QED) is 0.195. The molecule has 3 aliphatic rings. The van der Waals surface area contributed by atoms with Crippen LogP contribution in [0.25, 0.3) is 0 Å². The third-order valence-electron chi connectivity index (χ3n) is 9.03. The van der Waals surface area contributed by atoms with Gasteiger partial charge in [-0.15, -0.1) is 23.2 Å². The summed E-state index contributed by atoms with van der Waals surface area (Å²) in [7, 11) is -3.46. The number of hydrogen-bond acceptors (Lipinski definition) is 13. The van der Waals surface area contributed by atoms with Gasteiger partial charge in [-0.2, -0.15) is 8.42 Å². The highest BCUT2D eigenvalue weighted by Gasteiger charge is 2.50. The molecule has 2 aromatic rings. The van der Waals surface area contributed by atoms with Gasteiger partial charge in [-0.1, -0.05) is 24.3 Å². The van der Waals surface area contributed by atoms with Crippen molar-refractivity contribution in [3.8, 4) is 11.5 Å². The number of Topliss-reactive ketones (excluding diaryl/α,β-unsaturated/α-hetero) is 1. The molecule has 1 fully saturated rings. The molecule has 0 aromatic heterocycles. The standard InChI is InChI=1S/C31H35Cl2NO12S/c1-15-30(46-47(41,42)43-3)20(34(10-8-32)11-9-33)12-22(44-15)45-21-14-31(40,16(2)35)13-19-23(21)29(39)25-24(28(19)38)26(36)17-6-4-5-7-18(17)27(25)37/h4-7,15,20-22,30,38-40H,8-14H2,1-3H3/t15-,20-,21+,22-,30+,31+/m1/s1. The predicted molar refractivity (Wildman–Crippen MR) is 167 cm³/mol. The molecule has 2 aromatic carbocycles. The van der Waals surface area contributed by atoms with E-state index in [2.05, 4.69) is 4.18 Å². The van der Waals surface area contributed by atoms with Crippen LogP contribution in [0.5, 0.6) is 11.5 Å². The highest BCUT2D eigenvalue weighted by atomic mass is 35.5. The summed E-state index contributed by atoms with van der Waals surface area (Å²) in [6.45, 7) is 3.30. The van der Waals surface area contributed by atoms with Crippen molar-refractivity contribution in [2.45, 2.75) is 69.4 Å². The predicted octanol–water partition coefficient (Wildman–Crippen LogP) is 2.76. The fourth-order valence-electron chi connectivity index (χ4n) is 6.69. The zero-order valence-corrected chi connectivity index (χ0v) is 28.1. The van der Waals surface area contributed by atoms with Gasteiger partial charge in [0.2, 0.25) is 0 Å². The number of rotatable bonds is 11. The number of phenols is 2. The number of fused-ring (bicyclic) bond motifs is 3. The van der Waals surface area contributed by atoms with E-state index in [4.69, 9.17) is 36.9 Å². The summed E-state index contributed by atoms with van der Waals surface area (Å²) in [4.78, 5) is 41.7. The lowest BCUT2D eigenvalue weighted by Crippen LogP contribution is -2.58. The van der Waals surface area contributed by atoms with E-state index >= 15 is 0 Å². The van der Waals surface area contributed by atoms with Crippen LogP contribution in [0.3, 0.4) is 0 Å². The SMILES string of the molecule is COS(=O)(=O)O[C@@H]1[C@H](N(CCCl)CCCl)C[C@@H](O[C@H]2C[C@](O)(C(C)=O)Cc3c(O)c4c(c(O)c32)C(=O)c2ccccc2C4=O)O[C@@H]1C. The van der Waals surface area contributed by atoms with E-state index in [0.717, 1.165) is 14.0 Å². The third kappa shape index (κ3) is 6.55. The number of carbonyl (C=O) groups excluding carboxylic acids is 3. The van der Waals surface area contributed by atoms with Crippen molar-refractivity contribution in [2.24, 2.45) is 0 Å². The minimum absolute atomic E-state index is 0.0329. The first-order valence-corrected chi connectivity index (χ1v) is 17.3. The molecule has 2 aliphatic carbocycles. The number of ether oxygens (including phenoxy) is 2. The zero-order valence-electron chi connectivity index (χ0n) is 25.8. The number of aliphatic hydroxyl groups is 1. The fourth-order valence-corrected chi connectivity index (χ4v) is 7.76. The molecule has 0 saturated carbocycles. The van der Waals surface area contributed by atoms with Gasteiger partial charge >= 0.3 is 10.4 Å². The molecular weight excluding hydrogens is 681 g/mol. The molecule has 1 heterocycles. The van der Waals surface area contributed by atoms with Gasteiger partial charge in [0.25, 0.3) is 0 Å². The van der Waals surface area contributed by atoms with Gasteiger partial charge in [-0.3, -0.25) is 23.5 Å². The fraction of sp³-hybridized carbons (Fsp3) is 0.516. The molecule has 6 atom stereocenters. The van der Waals surface area contributed by atoms with Crippen LogP contribution >= 0.6 is 23.2 Å². The Kier molecular flexibility index (Phi) is 10.4. The topological polar surface area (TPSA) is 186 Å². The van der Waals surface area contributed by atoms with Crippen LogP contribution in [0.15, 0.2) is 24.3 Å². The number of benzene rings is 2. The van der Waals surface area contributed by atoms with E-state index in [1.165, 1.54) is 12.1 Å². The number of hydrogen-bond donors (Lipinski definition) is 3. The van der Waals surface area contributed by atoms with Crippen molar-refractivity contribution >= 4 is 51.0 Å². The second-order valence-electron chi connectivity index (χ2n) is 11.8. The van der Waals surface area contributed by atoms with E-state index < -0.39 is 99.5 Å². The normalized spacial score (nSPS) is 27.3. The van der Waals surface area contributed by atoms with E-state index in [1.54, 1.807) is 19.1 Å². The molecule has 256 valence electrons. The summed E-state index contributed by atoms with van der Waals surface area (Å²) in [5.41, 5.74) is -3.08. The number of carbonyl (C=O) groups is 3. The number of halogens is 2. The van der Waals surface area contributed by atoms with Gasteiger partial charge in [0.15, 0.2) is 23.6 Å². The highest BCUT2D eigenvalue weighted by molar-refractivity contribution is 7.81. The molecule has 0 spiro atoms. The molecular formula is C31H35Cl2NO12S. The summed E-state index contributed by atoms with van der Waals surface area (Å²) in [6.07, 6.45) is -5.42. The van der Waals surface area contributed by atoms with Crippen LogP contribution in [-0.2, 0) is 39.5 Å². The Bertz CT molecular complexity index is 1700. The summed E-state index contributed by atoms with van der Waals surface area (Å²) in [6, 6.07) is 5.28. The monoisotopic (exact) mass is 715 g/mol. The number of ketones is 3. The van der Waals surface area contributed by atoms with Gasteiger partial charge in [0, 0.05) is 72.4 Å². The second kappa shape index (κ2) is 13.7. The smallest absolute Gasteiger partial charge is 0.400 e. The molecule has 0 bridgehead atoms. The van der Waals surface area contributed by atoms with E-state index in [-0.39, 0.29) is 40.4 Å². The molecule has 16 heteroatoms. The first-order valence-electron chi connectivity index (χ1n) is 14.9. The lowest BCUT2D eigenvalue weighted by atomic mass is 9.72. The maximum Gasteiger partial charge on any atom is 0.400 e. The molecule has 0 amide bonds. The third-order valence-corrected chi connectivity index (χ3v) is 10.2. The molecule has 0 unspecified atom stereocenters. The van der Waals surface area contributed by atoms with Gasteiger partial charge in [0.05, 0.1) is 30.4 Å². The summed E-state index contributed by atoms with van der Waals surface area (Å²) in [5, 5.41) is 34.6. The maximum atomic E-state index is 13.6. The number of phenolic OH excluding ortho intramolecular Hbond substituents is 2. The lowest BCUT2D eigenvalue weighted by molar-refractivity contribution is -0.254. The Morgan fingerprint density at radius 2 is 1.64 bits per heavy atom. The molecule has 1 saturated heterocycles. The van der Waals surface area contributed by atoms with Gasteiger partial charge in [-0.25, -0.2) is 4.18 Å². The van der Waals surface area contributed by atoms with Crippen LogP contribution in [0.4, 0.5) is 0 Å². The molecule has 0 radical (unpaired) electrons. The lowest BCUT2D eigenvalue weighted by Gasteiger charge is -2.46. The summed E-state index contributed by atoms with van der Waals surface area (Å²) >= 11 is 12.1. The van der Waals surface area contributed by atoms with Crippen LogP contribution in [-0.4, -0.2) is 108 Å². The van der Waals surface area contributed by atoms with Crippen LogP contribution in [0, 0.1) is 0 Å². The van der Waals surface area contributed by atoms with Crippen molar-refractivity contribution in [2.75, 3.05) is 32.0 Å². The van der Waals surface area contributed by atoms with Crippen molar-refractivity contribution in [3.63, 3.8) is 0 Å². The first kappa shape index (κ1) is 35.6.